The molecule has 2 aliphatic rings. The van der Waals surface area contributed by atoms with Gasteiger partial charge in [0.05, 0.1) is 18.4 Å². The van der Waals surface area contributed by atoms with Crippen LogP contribution in [0.1, 0.15) is 32.1 Å². The van der Waals surface area contributed by atoms with Gasteiger partial charge < -0.3 is 15.0 Å². The first-order valence-corrected chi connectivity index (χ1v) is 11.3. The number of aromatic amines is 1. The Morgan fingerprint density at radius 3 is 2.69 bits per heavy atom. The number of hydrogen-bond acceptors (Lipinski definition) is 7. The Bertz CT molecular complexity index is 913. The van der Waals surface area contributed by atoms with Crippen LogP contribution in [-0.2, 0) is 14.8 Å². The van der Waals surface area contributed by atoms with Gasteiger partial charge in [-0.25, -0.2) is 23.0 Å². The van der Waals surface area contributed by atoms with E-state index in [0.717, 1.165) is 5.41 Å². The first-order valence-electron chi connectivity index (χ1n) is 9.37. The van der Waals surface area contributed by atoms with Crippen molar-refractivity contribution in [3.8, 4) is 0 Å². The molecule has 29 heavy (non-hydrogen) atoms. The molecule has 1 aliphatic heterocycles. The Hall–Kier alpha value is -2.11. The van der Waals surface area contributed by atoms with Crippen LogP contribution in [0.5, 0.6) is 0 Å². The van der Waals surface area contributed by atoms with Crippen molar-refractivity contribution in [1.82, 2.24) is 20.2 Å². The number of nitrogens with zero attached hydrogens (tertiary/aromatic N) is 2. The van der Waals surface area contributed by atoms with Gasteiger partial charge in [0.2, 0.25) is 10.0 Å². The van der Waals surface area contributed by atoms with Gasteiger partial charge in [0.15, 0.2) is 0 Å². The third kappa shape index (κ3) is 5.71. The van der Waals surface area contributed by atoms with Gasteiger partial charge in [-0.1, -0.05) is 18.2 Å². The van der Waals surface area contributed by atoms with Crippen molar-refractivity contribution >= 4 is 33.4 Å². The number of nitrogens with one attached hydrogen (secondary N) is 3. The molecule has 1 aromatic heterocycles. The fraction of sp³-hybridized carbons (Fsp3) is 0.588. The van der Waals surface area contributed by atoms with E-state index in [1.165, 1.54) is 6.20 Å². The number of sulfonamides is 1. The van der Waals surface area contributed by atoms with E-state index >= 15 is 0 Å². The molecule has 3 N–H and O–H groups in total. The molecular weight excluding hydrogens is 422 g/mol. The van der Waals surface area contributed by atoms with Gasteiger partial charge in [0.1, 0.15) is 11.1 Å². The van der Waals surface area contributed by atoms with E-state index in [1.807, 2.05) is 4.90 Å². The molecule has 0 bridgehead atoms. The highest BCUT2D eigenvalue weighted by molar-refractivity contribution is 7.92. The largest absolute Gasteiger partial charge is 0.444 e. The summed E-state index contributed by atoms with van der Waals surface area (Å²) in [7, 11) is -3.45. The summed E-state index contributed by atoms with van der Waals surface area (Å²) in [4.78, 5) is 25.7. The molecule has 1 aromatic rings. The Balaban J connectivity index is 1.43. The fourth-order valence-corrected chi connectivity index (χ4v) is 4.63. The second-order valence-electron chi connectivity index (χ2n) is 7.18. The van der Waals surface area contributed by atoms with Crippen LogP contribution in [-0.4, -0.2) is 56.0 Å². The molecule has 12 heteroatoms. The maximum atomic E-state index is 12.2. The smallest absolute Gasteiger partial charge is 0.407 e. The maximum Gasteiger partial charge on any atom is 0.407 e. The Kier molecular flexibility index (Phi) is 6.81. The number of H-pyrrole nitrogens is 1. The average Bonchev–Trinajstić information content (AvgIpc) is 3.13. The van der Waals surface area contributed by atoms with Crippen LogP contribution in [0.15, 0.2) is 23.0 Å². The molecule has 1 saturated heterocycles. The van der Waals surface area contributed by atoms with Crippen LogP contribution in [0.4, 0.5) is 10.5 Å². The molecule has 0 radical (unpaired) electrons. The van der Waals surface area contributed by atoms with Crippen molar-refractivity contribution in [1.29, 1.82) is 0 Å². The minimum atomic E-state index is -3.45. The van der Waals surface area contributed by atoms with Crippen LogP contribution in [0, 0.1) is 0 Å². The number of rotatable bonds is 6. The number of alkyl carbamates (subject to hydrolysis) is 1. The lowest BCUT2D eigenvalue weighted by Crippen LogP contribution is -2.44. The molecule has 2 heterocycles. The lowest BCUT2D eigenvalue weighted by Gasteiger charge is -2.29. The highest BCUT2D eigenvalue weighted by atomic mass is 35.5. The molecule has 10 nitrogen and oxygen atoms in total. The topological polar surface area (TPSA) is 133 Å². The first kappa shape index (κ1) is 21.6. The first-order chi connectivity index (χ1) is 13.8. The second-order valence-corrected chi connectivity index (χ2v) is 9.22. The number of amides is 1. The van der Waals surface area contributed by atoms with Gasteiger partial charge in [-0.2, -0.15) is 5.10 Å². The van der Waals surface area contributed by atoms with Crippen LogP contribution in [0.25, 0.3) is 0 Å². The fourth-order valence-electron chi connectivity index (χ4n) is 3.63. The van der Waals surface area contributed by atoms with Gasteiger partial charge in [-0.3, -0.25) is 4.79 Å². The number of hydrogen-bond donors (Lipinski definition) is 3. The Morgan fingerprint density at radius 1 is 1.31 bits per heavy atom. The van der Waals surface area contributed by atoms with Gasteiger partial charge in [0.25, 0.3) is 5.56 Å². The zero-order valence-electron chi connectivity index (χ0n) is 15.8. The lowest BCUT2D eigenvalue weighted by molar-refractivity contribution is 0.102. The minimum absolute atomic E-state index is 0.0594. The van der Waals surface area contributed by atoms with E-state index in [1.54, 1.807) is 0 Å². The van der Waals surface area contributed by atoms with E-state index in [2.05, 4.69) is 26.8 Å². The zero-order valence-corrected chi connectivity index (χ0v) is 17.3. The van der Waals surface area contributed by atoms with E-state index < -0.39 is 21.7 Å². The van der Waals surface area contributed by atoms with E-state index in [0.29, 0.717) is 50.9 Å². The minimum Gasteiger partial charge on any atom is -0.444 e. The number of aromatic nitrogens is 2. The molecule has 160 valence electrons. The summed E-state index contributed by atoms with van der Waals surface area (Å²) in [6.45, 7) is 4.30. The normalized spacial score (nSPS) is 24.9. The highest BCUT2D eigenvalue weighted by Gasteiger charge is 2.30. The molecule has 0 aromatic carbocycles. The van der Waals surface area contributed by atoms with Crippen LogP contribution in [0.2, 0.25) is 5.02 Å². The number of anilines is 1. The Morgan fingerprint density at radius 2 is 2.00 bits per heavy atom. The standard InChI is InChI=1S/C17H24ClN5O5S/c1-2-29(26,27)22-12-5-3-11(4-6-12)20-17(25)28-13-7-8-23(10-13)14-9-19-21-16(24)15(14)18/h2,9,11-13,22H,1,3-8,10H2,(H,20,25)(H,21,24)/t11-,12-,13-/m1/s1. The molecule has 3 rings (SSSR count). The molecule has 0 spiro atoms. The monoisotopic (exact) mass is 445 g/mol. The van der Waals surface area contributed by atoms with Crippen molar-refractivity contribution in [3.63, 3.8) is 0 Å². The summed E-state index contributed by atoms with van der Waals surface area (Å²) in [5, 5.41) is 9.83. The van der Waals surface area contributed by atoms with Crippen molar-refractivity contribution in [3.05, 3.63) is 33.6 Å². The molecule has 1 atom stereocenters. The van der Waals surface area contributed by atoms with E-state index in [-0.39, 0.29) is 23.2 Å². The number of ether oxygens (including phenoxy) is 1. The van der Waals surface area contributed by atoms with Crippen LogP contribution < -0.4 is 20.5 Å². The summed E-state index contributed by atoms with van der Waals surface area (Å²) in [6, 6.07) is -0.210. The van der Waals surface area contributed by atoms with Crippen molar-refractivity contribution < 1.29 is 17.9 Å². The number of halogens is 1. The summed E-state index contributed by atoms with van der Waals surface area (Å²) in [5.41, 5.74) is 0.0551. The Labute approximate surface area is 173 Å². The molecule has 0 unspecified atom stereocenters. The van der Waals surface area contributed by atoms with Gasteiger partial charge in [0, 0.05) is 30.5 Å². The average molecular weight is 446 g/mol. The zero-order chi connectivity index (χ0) is 21.0. The summed E-state index contributed by atoms with van der Waals surface area (Å²) < 4.78 is 31.1. The molecule has 1 aliphatic carbocycles. The molecule has 1 amide bonds. The quantitative estimate of drug-likeness (QED) is 0.597. The predicted octanol–water partition coefficient (Wildman–Crippen LogP) is 1.10. The number of carbonyl (C=O) groups excluding carboxylic acids is 1. The van der Waals surface area contributed by atoms with Crippen molar-refractivity contribution in [2.24, 2.45) is 0 Å². The van der Waals surface area contributed by atoms with Gasteiger partial charge in [-0.15, -0.1) is 0 Å². The van der Waals surface area contributed by atoms with E-state index in [4.69, 9.17) is 16.3 Å². The second kappa shape index (κ2) is 9.14. The molecule has 1 saturated carbocycles. The molecule has 2 fully saturated rings. The molecular formula is C17H24ClN5O5S. The predicted molar refractivity (Wildman–Crippen MR) is 108 cm³/mol. The highest BCUT2D eigenvalue weighted by Crippen LogP contribution is 2.26. The lowest BCUT2D eigenvalue weighted by atomic mass is 9.92. The summed E-state index contributed by atoms with van der Waals surface area (Å²) in [5.74, 6) is 0. The van der Waals surface area contributed by atoms with Crippen LogP contribution >= 0.6 is 11.6 Å². The summed E-state index contributed by atoms with van der Waals surface area (Å²) in [6.07, 6.45) is 3.85. The number of carbonyl (C=O) groups is 1. The van der Waals surface area contributed by atoms with E-state index in [9.17, 15) is 18.0 Å². The van der Waals surface area contributed by atoms with Crippen molar-refractivity contribution in [2.45, 2.75) is 50.3 Å². The van der Waals surface area contributed by atoms with Gasteiger partial charge >= 0.3 is 6.09 Å². The van der Waals surface area contributed by atoms with Gasteiger partial charge in [-0.05, 0) is 25.7 Å². The summed E-state index contributed by atoms with van der Waals surface area (Å²) >= 11 is 6.02. The third-order valence-corrected chi connectivity index (χ3v) is 6.60. The SMILES string of the molecule is C=CS(=O)(=O)N[C@H]1CC[C@H](NC(=O)O[C@@H]2CCN(c3cn[nH]c(=O)c3Cl)C2)CC1. The third-order valence-electron chi connectivity index (χ3n) is 5.14. The van der Waals surface area contributed by atoms with Crippen LogP contribution in [0.3, 0.4) is 0 Å². The maximum absolute atomic E-state index is 12.2. The van der Waals surface area contributed by atoms with Crippen molar-refractivity contribution in [2.75, 3.05) is 18.0 Å².